The fourth-order valence-corrected chi connectivity index (χ4v) is 3.17. The van der Waals surface area contributed by atoms with Crippen LogP contribution >= 0.6 is 0 Å². The SMILES string of the molecule is Cc1ccc([S@@](=O)C[C@@H](C)c2ccccc2)cc1. The lowest BCUT2D eigenvalue weighted by Crippen LogP contribution is -2.06. The first-order chi connectivity index (χ1) is 8.66. The highest BCUT2D eigenvalue weighted by Crippen LogP contribution is 2.19. The third kappa shape index (κ3) is 3.30. The molecule has 0 fully saturated rings. The Morgan fingerprint density at radius 1 is 1.00 bits per heavy atom. The van der Waals surface area contributed by atoms with Gasteiger partial charge >= 0.3 is 0 Å². The molecule has 2 aromatic rings. The van der Waals surface area contributed by atoms with Gasteiger partial charge in [-0.15, -0.1) is 0 Å². The van der Waals surface area contributed by atoms with E-state index >= 15 is 0 Å². The minimum absolute atomic E-state index is 0.313. The molecule has 0 amide bonds. The van der Waals surface area contributed by atoms with E-state index in [-0.39, 0.29) is 0 Å². The molecule has 2 heteroatoms. The average Bonchev–Trinajstić information content (AvgIpc) is 2.40. The summed E-state index contributed by atoms with van der Waals surface area (Å²) in [5.41, 5.74) is 2.45. The molecule has 0 N–H and O–H groups in total. The summed E-state index contributed by atoms with van der Waals surface area (Å²) in [4.78, 5) is 0.920. The van der Waals surface area contributed by atoms with Gasteiger partial charge < -0.3 is 0 Å². The molecule has 0 aliphatic heterocycles. The van der Waals surface area contributed by atoms with E-state index in [0.29, 0.717) is 11.7 Å². The average molecular weight is 258 g/mol. The Balaban J connectivity index is 2.06. The highest BCUT2D eigenvalue weighted by molar-refractivity contribution is 7.85. The first-order valence-electron chi connectivity index (χ1n) is 6.17. The van der Waals surface area contributed by atoms with Gasteiger partial charge in [0, 0.05) is 10.6 Å². The normalized spacial score (nSPS) is 14.1. The second-order valence-electron chi connectivity index (χ2n) is 4.64. The molecule has 0 spiro atoms. The Hall–Kier alpha value is -1.41. The molecule has 0 saturated carbocycles. The summed E-state index contributed by atoms with van der Waals surface area (Å²) >= 11 is 0. The van der Waals surface area contributed by atoms with Crippen molar-refractivity contribution in [3.8, 4) is 0 Å². The molecular weight excluding hydrogens is 240 g/mol. The first-order valence-corrected chi connectivity index (χ1v) is 7.48. The highest BCUT2D eigenvalue weighted by Gasteiger charge is 2.11. The van der Waals surface area contributed by atoms with E-state index in [4.69, 9.17) is 0 Å². The summed E-state index contributed by atoms with van der Waals surface area (Å²) in [6.45, 7) is 4.17. The van der Waals surface area contributed by atoms with Gasteiger partial charge in [-0.25, -0.2) is 0 Å². The standard InChI is InChI=1S/C16H18OS/c1-13-8-10-16(11-9-13)18(17)12-14(2)15-6-4-3-5-7-15/h3-11,14H,12H2,1-2H3/t14-,18+/m1/s1. The predicted octanol–water partition coefficient (Wildman–Crippen LogP) is 3.91. The smallest absolute Gasteiger partial charge is 0.0535 e. The van der Waals surface area contributed by atoms with Crippen molar-refractivity contribution in [2.75, 3.05) is 5.75 Å². The molecule has 0 aliphatic rings. The molecule has 0 radical (unpaired) electrons. The van der Waals surface area contributed by atoms with Gasteiger partial charge in [-0.1, -0.05) is 55.0 Å². The van der Waals surface area contributed by atoms with Crippen LogP contribution in [0.5, 0.6) is 0 Å². The summed E-state index contributed by atoms with van der Waals surface area (Å²) in [7, 11) is -0.922. The second kappa shape index (κ2) is 5.96. The second-order valence-corrected chi connectivity index (χ2v) is 6.13. The fourth-order valence-electron chi connectivity index (χ4n) is 1.89. The molecular formula is C16H18OS. The van der Waals surface area contributed by atoms with Gasteiger partial charge in [-0.3, -0.25) is 4.21 Å². The van der Waals surface area contributed by atoms with Crippen molar-refractivity contribution >= 4 is 10.8 Å². The third-order valence-corrected chi connectivity index (χ3v) is 4.65. The van der Waals surface area contributed by atoms with Gasteiger partial charge in [0.1, 0.15) is 0 Å². The largest absolute Gasteiger partial charge is 0.254 e. The number of hydrogen-bond donors (Lipinski definition) is 0. The van der Waals surface area contributed by atoms with Crippen LogP contribution in [0.1, 0.15) is 24.0 Å². The quantitative estimate of drug-likeness (QED) is 0.812. The molecule has 0 heterocycles. The van der Waals surface area contributed by atoms with Crippen LogP contribution in [-0.4, -0.2) is 9.96 Å². The summed E-state index contributed by atoms with van der Waals surface area (Å²) in [5.74, 6) is 0.987. The number of hydrogen-bond acceptors (Lipinski definition) is 1. The number of aryl methyl sites for hydroxylation is 1. The van der Waals surface area contributed by atoms with Crippen LogP contribution in [-0.2, 0) is 10.8 Å². The Labute approximate surface area is 111 Å². The van der Waals surface area contributed by atoms with Gasteiger partial charge in [0.05, 0.1) is 10.8 Å². The molecule has 1 nitrogen and oxygen atoms in total. The van der Waals surface area contributed by atoms with E-state index in [1.807, 2.05) is 49.4 Å². The van der Waals surface area contributed by atoms with Crippen LogP contribution in [0, 0.1) is 6.92 Å². The molecule has 0 unspecified atom stereocenters. The van der Waals surface area contributed by atoms with Crippen LogP contribution in [0.3, 0.4) is 0 Å². The lowest BCUT2D eigenvalue weighted by atomic mass is 10.0. The van der Waals surface area contributed by atoms with Crippen LogP contribution in [0.4, 0.5) is 0 Å². The Kier molecular flexibility index (Phi) is 4.32. The molecule has 0 bridgehead atoms. The zero-order valence-electron chi connectivity index (χ0n) is 10.8. The molecule has 2 aromatic carbocycles. The lowest BCUT2D eigenvalue weighted by Gasteiger charge is -2.11. The molecule has 0 aromatic heterocycles. The van der Waals surface area contributed by atoms with Gasteiger partial charge in [0.2, 0.25) is 0 Å². The van der Waals surface area contributed by atoms with Crippen molar-refractivity contribution in [3.63, 3.8) is 0 Å². The van der Waals surface area contributed by atoms with Gasteiger partial charge in [-0.2, -0.15) is 0 Å². The molecule has 18 heavy (non-hydrogen) atoms. The van der Waals surface area contributed by atoms with E-state index in [2.05, 4.69) is 19.1 Å². The zero-order chi connectivity index (χ0) is 13.0. The summed E-state index contributed by atoms with van der Waals surface area (Å²) in [6.07, 6.45) is 0. The first kappa shape index (κ1) is 13.0. The van der Waals surface area contributed by atoms with Gasteiger partial charge in [0.15, 0.2) is 0 Å². The molecule has 0 aliphatic carbocycles. The minimum Gasteiger partial charge on any atom is -0.254 e. The summed E-state index contributed by atoms with van der Waals surface area (Å²) in [5, 5.41) is 0. The van der Waals surface area contributed by atoms with E-state index < -0.39 is 10.8 Å². The lowest BCUT2D eigenvalue weighted by molar-refractivity contribution is 0.677. The maximum atomic E-state index is 12.3. The van der Waals surface area contributed by atoms with E-state index in [1.54, 1.807) is 0 Å². The van der Waals surface area contributed by atoms with Crippen LogP contribution in [0.2, 0.25) is 0 Å². The Bertz CT molecular complexity index is 517. The van der Waals surface area contributed by atoms with E-state index in [9.17, 15) is 4.21 Å². The third-order valence-electron chi connectivity index (χ3n) is 3.05. The van der Waals surface area contributed by atoms with Gasteiger partial charge in [-0.05, 0) is 30.5 Å². The zero-order valence-corrected chi connectivity index (χ0v) is 11.6. The Morgan fingerprint density at radius 3 is 2.22 bits per heavy atom. The van der Waals surface area contributed by atoms with Crippen molar-refractivity contribution in [1.82, 2.24) is 0 Å². The maximum Gasteiger partial charge on any atom is 0.0535 e. The Morgan fingerprint density at radius 2 is 1.61 bits per heavy atom. The number of benzene rings is 2. The monoisotopic (exact) mass is 258 g/mol. The molecule has 2 rings (SSSR count). The minimum atomic E-state index is -0.922. The molecule has 94 valence electrons. The summed E-state index contributed by atoms with van der Waals surface area (Å²) < 4.78 is 12.3. The topological polar surface area (TPSA) is 17.1 Å². The van der Waals surface area contributed by atoms with Crippen LogP contribution < -0.4 is 0 Å². The van der Waals surface area contributed by atoms with Crippen molar-refractivity contribution in [2.24, 2.45) is 0 Å². The van der Waals surface area contributed by atoms with Crippen LogP contribution in [0.25, 0.3) is 0 Å². The van der Waals surface area contributed by atoms with Crippen molar-refractivity contribution < 1.29 is 4.21 Å². The van der Waals surface area contributed by atoms with Gasteiger partial charge in [0.25, 0.3) is 0 Å². The van der Waals surface area contributed by atoms with Crippen molar-refractivity contribution in [3.05, 3.63) is 65.7 Å². The maximum absolute atomic E-state index is 12.3. The van der Waals surface area contributed by atoms with Crippen molar-refractivity contribution in [1.29, 1.82) is 0 Å². The molecule has 0 saturated heterocycles. The molecule has 2 atom stereocenters. The van der Waals surface area contributed by atoms with Crippen molar-refractivity contribution in [2.45, 2.75) is 24.7 Å². The van der Waals surface area contributed by atoms with E-state index in [0.717, 1.165) is 4.90 Å². The van der Waals surface area contributed by atoms with Crippen LogP contribution in [0.15, 0.2) is 59.5 Å². The fraction of sp³-hybridized carbons (Fsp3) is 0.250. The predicted molar refractivity (Wildman–Crippen MR) is 77.3 cm³/mol. The highest BCUT2D eigenvalue weighted by atomic mass is 32.2. The van der Waals surface area contributed by atoms with E-state index in [1.165, 1.54) is 11.1 Å². The summed E-state index contributed by atoms with van der Waals surface area (Å²) in [6, 6.07) is 18.2. The number of rotatable bonds is 4.